The fourth-order valence-electron chi connectivity index (χ4n) is 1.91. The van der Waals surface area contributed by atoms with Crippen LogP contribution in [0.1, 0.15) is 24.4 Å². The van der Waals surface area contributed by atoms with Crippen LogP contribution in [0.5, 0.6) is 0 Å². The molecule has 1 amide bonds. The number of hydrogen-bond donors (Lipinski definition) is 0. The van der Waals surface area contributed by atoms with Crippen molar-refractivity contribution in [1.82, 2.24) is 5.06 Å². The van der Waals surface area contributed by atoms with Gasteiger partial charge in [0.05, 0.1) is 5.92 Å². The first-order chi connectivity index (χ1) is 8.75. The third kappa shape index (κ3) is 2.03. The van der Waals surface area contributed by atoms with Crippen molar-refractivity contribution >= 4 is 12.1 Å². The molecule has 1 aromatic carbocycles. The molecule has 94 valence electrons. The van der Waals surface area contributed by atoms with Crippen molar-refractivity contribution < 1.29 is 19.2 Å². The number of ether oxygens (including phenoxy) is 1. The van der Waals surface area contributed by atoms with E-state index in [2.05, 4.69) is 0 Å². The van der Waals surface area contributed by atoms with Crippen molar-refractivity contribution in [2.75, 3.05) is 6.61 Å². The lowest BCUT2D eigenvalue weighted by Gasteiger charge is -2.19. The molecule has 5 nitrogen and oxygen atoms in total. The maximum absolute atomic E-state index is 11.6. The number of nitrogens with zero attached hydrogens (tertiary/aromatic N) is 1. The summed E-state index contributed by atoms with van der Waals surface area (Å²) in [6.07, 6.45) is 1.09. The third-order valence-corrected chi connectivity index (χ3v) is 3.11. The highest BCUT2D eigenvalue weighted by Crippen LogP contribution is 2.33. The molecule has 1 heterocycles. The number of carbonyl (C=O) groups excluding carboxylic acids is 2. The number of hydrogen-bond acceptors (Lipinski definition) is 4. The van der Waals surface area contributed by atoms with Crippen LogP contribution < -0.4 is 0 Å². The van der Waals surface area contributed by atoms with E-state index in [0.717, 1.165) is 23.5 Å². The van der Waals surface area contributed by atoms with E-state index in [9.17, 15) is 9.59 Å². The molecule has 1 aliphatic heterocycles. The van der Waals surface area contributed by atoms with E-state index in [1.54, 1.807) is 0 Å². The first-order valence-electron chi connectivity index (χ1n) is 5.98. The fourth-order valence-corrected chi connectivity index (χ4v) is 1.91. The Balaban J connectivity index is 1.76. The summed E-state index contributed by atoms with van der Waals surface area (Å²) in [5.41, 5.74) is 0.895. The van der Waals surface area contributed by atoms with E-state index in [1.807, 2.05) is 30.3 Å². The van der Waals surface area contributed by atoms with Gasteiger partial charge in [-0.15, -0.1) is 5.06 Å². The summed E-state index contributed by atoms with van der Waals surface area (Å²) in [4.78, 5) is 28.3. The van der Waals surface area contributed by atoms with Gasteiger partial charge in [0.25, 0.3) is 0 Å². The quantitative estimate of drug-likeness (QED) is 0.820. The molecule has 0 bridgehead atoms. The second-order valence-corrected chi connectivity index (χ2v) is 4.51. The molecule has 1 aromatic rings. The Kier molecular flexibility index (Phi) is 2.66. The highest BCUT2D eigenvalue weighted by molar-refractivity contribution is 5.77. The van der Waals surface area contributed by atoms with Crippen molar-refractivity contribution in [2.24, 2.45) is 5.92 Å². The summed E-state index contributed by atoms with van der Waals surface area (Å²) in [5.74, 6) is -0.385. The molecule has 5 heteroatoms. The van der Waals surface area contributed by atoms with Crippen molar-refractivity contribution in [3.05, 3.63) is 35.9 Å². The van der Waals surface area contributed by atoms with Crippen LogP contribution in [-0.4, -0.2) is 23.7 Å². The van der Waals surface area contributed by atoms with Gasteiger partial charge >= 0.3 is 12.1 Å². The second-order valence-electron chi connectivity index (χ2n) is 4.51. The summed E-state index contributed by atoms with van der Waals surface area (Å²) in [5, 5.41) is 1.05. The van der Waals surface area contributed by atoms with Crippen LogP contribution in [0, 0.1) is 5.92 Å². The molecular weight excluding hydrogens is 234 g/mol. The smallest absolute Gasteiger partial charge is 0.444 e. The van der Waals surface area contributed by atoms with Crippen LogP contribution in [0.25, 0.3) is 0 Å². The van der Waals surface area contributed by atoms with Crippen molar-refractivity contribution in [1.29, 1.82) is 0 Å². The first-order valence-corrected chi connectivity index (χ1v) is 5.98. The number of rotatable bonds is 3. The van der Waals surface area contributed by atoms with Crippen molar-refractivity contribution in [2.45, 2.75) is 18.9 Å². The van der Waals surface area contributed by atoms with E-state index in [0.29, 0.717) is 0 Å². The van der Waals surface area contributed by atoms with Gasteiger partial charge < -0.3 is 9.57 Å². The monoisotopic (exact) mass is 247 g/mol. The highest BCUT2D eigenvalue weighted by Gasteiger charge is 2.41. The average Bonchev–Trinajstić information content (AvgIpc) is 3.18. The molecule has 2 fully saturated rings. The maximum Gasteiger partial charge on any atom is 0.444 e. The number of carbonyl (C=O) groups is 2. The Morgan fingerprint density at radius 2 is 2.00 bits per heavy atom. The Hall–Kier alpha value is -2.04. The van der Waals surface area contributed by atoms with Gasteiger partial charge in [-0.1, -0.05) is 30.3 Å². The topological polar surface area (TPSA) is 55.8 Å². The van der Waals surface area contributed by atoms with E-state index in [1.165, 1.54) is 0 Å². The minimum Gasteiger partial charge on any atom is -0.445 e. The van der Waals surface area contributed by atoms with Crippen LogP contribution in [-0.2, 0) is 14.4 Å². The Labute approximate surface area is 104 Å². The van der Waals surface area contributed by atoms with Crippen LogP contribution >= 0.6 is 0 Å². The zero-order chi connectivity index (χ0) is 12.5. The molecule has 1 aliphatic carbocycles. The van der Waals surface area contributed by atoms with Gasteiger partial charge in [-0.25, -0.2) is 9.59 Å². The number of amides is 1. The van der Waals surface area contributed by atoms with E-state index in [-0.39, 0.29) is 24.5 Å². The molecule has 1 unspecified atom stereocenters. The van der Waals surface area contributed by atoms with Gasteiger partial charge in [-0.05, 0) is 18.4 Å². The van der Waals surface area contributed by atoms with Gasteiger partial charge in [0, 0.05) is 0 Å². The number of hydroxylamine groups is 2. The zero-order valence-electron chi connectivity index (χ0n) is 9.74. The molecule has 0 aromatic heterocycles. The lowest BCUT2D eigenvalue weighted by molar-refractivity contribution is -0.183. The average molecular weight is 247 g/mol. The molecule has 18 heavy (non-hydrogen) atoms. The number of cyclic esters (lactones) is 1. The first kappa shape index (κ1) is 11.1. The van der Waals surface area contributed by atoms with E-state index in [4.69, 9.17) is 9.57 Å². The molecule has 0 radical (unpaired) electrons. The molecule has 2 aliphatic rings. The zero-order valence-corrected chi connectivity index (χ0v) is 9.74. The Morgan fingerprint density at radius 1 is 1.28 bits per heavy atom. The summed E-state index contributed by atoms with van der Waals surface area (Å²) >= 11 is 0. The van der Waals surface area contributed by atoms with Crippen LogP contribution in [0.15, 0.2) is 30.3 Å². The molecule has 0 N–H and O–H groups in total. The predicted octanol–water partition coefficient (Wildman–Crippen LogP) is 2.05. The summed E-state index contributed by atoms with van der Waals surface area (Å²) < 4.78 is 4.94. The van der Waals surface area contributed by atoms with Gasteiger partial charge in [0.2, 0.25) is 0 Å². The minimum absolute atomic E-state index is 0.0465. The van der Waals surface area contributed by atoms with Crippen molar-refractivity contribution in [3.8, 4) is 0 Å². The summed E-state index contributed by atoms with van der Waals surface area (Å²) in [6, 6.07) is 9.05. The van der Waals surface area contributed by atoms with Crippen LogP contribution in [0.3, 0.4) is 0 Å². The molecule has 3 rings (SSSR count). The van der Waals surface area contributed by atoms with Crippen molar-refractivity contribution in [3.63, 3.8) is 0 Å². The SMILES string of the molecule is O=C(ON1C(=O)OCC1c1ccccc1)C1CC1. The normalized spacial score (nSPS) is 22.8. The van der Waals surface area contributed by atoms with Crippen LogP contribution in [0.2, 0.25) is 0 Å². The highest BCUT2D eigenvalue weighted by atomic mass is 16.8. The molecule has 1 saturated heterocycles. The van der Waals surface area contributed by atoms with E-state index >= 15 is 0 Å². The molecule has 1 saturated carbocycles. The molecular formula is C13H13NO4. The summed E-state index contributed by atoms with van der Waals surface area (Å²) in [6.45, 7) is 0.209. The second kappa shape index (κ2) is 4.33. The van der Waals surface area contributed by atoms with Crippen LogP contribution in [0.4, 0.5) is 4.79 Å². The maximum atomic E-state index is 11.6. The standard InChI is InChI=1S/C13H13NO4/c15-12(10-6-7-10)18-14-11(8-17-13(14)16)9-4-2-1-3-5-9/h1-5,10-11H,6-8H2. The van der Waals surface area contributed by atoms with Gasteiger partial charge in [0.1, 0.15) is 12.6 Å². The predicted molar refractivity (Wildman–Crippen MR) is 61.2 cm³/mol. The van der Waals surface area contributed by atoms with Gasteiger partial charge in [-0.3, -0.25) is 0 Å². The Morgan fingerprint density at radius 3 is 2.67 bits per heavy atom. The third-order valence-electron chi connectivity index (χ3n) is 3.11. The van der Waals surface area contributed by atoms with E-state index < -0.39 is 6.09 Å². The van der Waals surface area contributed by atoms with Gasteiger partial charge in [0.15, 0.2) is 0 Å². The minimum atomic E-state index is -0.599. The summed E-state index contributed by atoms with van der Waals surface area (Å²) in [7, 11) is 0. The fraction of sp³-hybridized carbons (Fsp3) is 0.385. The van der Waals surface area contributed by atoms with Gasteiger partial charge in [-0.2, -0.15) is 0 Å². The Bertz CT molecular complexity index is 469. The molecule has 1 atom stereocenters. The molecule has 0 spiro atoms. The number of benzene rings is 1. The largest absolute Gasteiger partial charge is 0.445 e. The lowest BCUT2D eigenvalue weighted by Crippen LogP contribution is -2.31. The lowest BCUT2D eigenvalue weighted by atomic mass is 10.1.